The summed E-state index contributed by atoms with van der Waals surface area (Å²) in [7, 11) is 0. The van der Waals surface area contributed by atoms with E-state index >= 15 is 0 Å². The van der Waals surface area contributed by atoms with Gasteiger partial charge >= 0.3 is 0 Å². The Morgan fingerprint density at radius 1 is 1.36 bits per heavy atom. The first kappa shape index (κ1) is 16.6. The van der Waals surface area contributed by atoms with Gasteiger partial charge in [0.15, 0.2) is 0 Å². The summed E-state index contributed by atoms with van der Waals surface area (Å²) in [5, 5.41) is 6.74. The Morgan fingerprint density at radius 3 is 2.92 bits per heavy atom. The van der Waals surface area contributed by atoms with E-state index in [9.17, 15) is 9.18 Å². The molecule has 0 aliphatic rings. The average molecular weight is 341 g/mol. The second kappa shape index (κ2) is 7.52. The minimum absolute atomic E-state index is 0.175. The Kier molecular flexibility index (Phi) is 4.98. The standard InChI is InChI=1S/C17H16FN5O2/c1-12(23-11-19-10-22-23)17(24)21-9-13-5-6-16(20-8-13)25-15-4-2-3-14(18)7-15/h2-8,10-12H,9H2,1H3,(H,21,24)/t12-/m1/s1. The zero-order chi connectivity index (χ0) is 17.6. The van der Waals surface area contributed by atoms with Crippen molar-refractivity contribution in [1.82, 2.24) is 25.1 Å². The molecule has 0 saturated heterocycles. The molecule has 1 N–H and O–H groups in total. The molecule has 0 spiro atoms. The van der Waals surface area contributed by atoms with Crippen LogP contribution in [0.3, 0.4) is 0 Å². The number of amides is 1. The highest BCUT2D eigenvalue weighted by molar-refractivity contribution is 5.79. The molecule has 3 aromatic rings. The van der Waals surface area contributed by atoms with Crippen molar-refractivity contribution < 1.29 is 13.9 Å². The fourth-order valence-corrected chi connectivity index (χ4v) is 2.10. The van der Waals surface area contributed by atoms with Crippen LogP contribution in [0.5, 0.6) is 11.6 Å². The van der Waals surface area contributed by atoms with E-state index in [2.05, 4.69) is 20.4 Å². The SMILES string of the molecule is C[C@H](C(=O)NCc1ccc(Oc2cccc(F)c2)nc1)n1cncn1. The van der Waals surface area contributed by atoms with Gasteiger partial charge < -0.3 is 10.1 Å². The van der Waals surface area contributed by atoms with Gasteiger partial charge in [0.1, 0.15) is 30.3 Å². The zero-order valence-corrected chi connectivity index (χ0v) is 13.5. The fourth-order valence-electron chi connectivity index (χ4n) is 2.10. The lowest BCUT2D eigenvalue weighted by Crippen LogP contribution is -2.30. The Balaban J connectivity index is 1.55. The number of carbonyl (C=O) groups is 1. The molecule has 7 nitrogen and oxygen atoms in total. The highest BCUT2D eigenvalue weighted by Crippen LogP contribution is 2.20. The van der Waals surface area contributed by atoms with E-state index in [4.69, 9.17) is 4.74 Å². The molecule has 1 aromatic carbocycles. The quantitative estimate of drug-likeness (QED) is 0.745. The highest BCUT2D eigenvalue weighted by Gasteiger charge is 2.14. The molecule has 0 saturated carbocycles. The summed E-state index contributed by atoms with van der Waals surface area (Å²) >= 11 is 0. The Bertz CT molecular complexity index is 837. The maximum absolute atomic E-state index is 13.1. The summed E-state index contributed by atoms with van der Waals surface area (Å²) in [4.78, 5) is 20.0. The van der Waals surface area contributed by atoms with Crippen LogP contribution in [-0.4, -0.2) is 25.7 Å². The number of ether oxygens (including phenoxy) is 1. The summed E-state index contributed by atoms with van der Waals surface area (Å²) < 4.78 is 20.1. The molecule has 0 bridgehead atoms. The molecular formula is C17H16FN5O2. The number of halogens is 1. The molecule has 0 aliphatic heterocycles. The summed E-state index contributed by atoms with van der Waals surface area (Å²) in [5.41, 5.74) is 0.811. The number of aromatic nitrogens is 4. The van der Waals surface area contributed by atoms with Gasteiger partial charge in [0.2, 0.25) is 11.8 Å². The lowest BCUT2D eigenvalue weighted by Gasteiger charge is -2.12. The maximum Gasteiger partial charge on any atom is 0.244 e. The number of carbonyl (C=O) groups excluding carboxylic acids is 1. The van der Waals surface area contributed by atoms with Gasteiger partial charge in [-0.2, -0.15) is 5.10 Å². The predicted molar refractivity (Wildman–Crippen MR) is 87.3 cm³/mol. The van der Waals surface area contributed by atoms with Crippen molar-refractivity contribution >= 4 is 5.91 Å². The molecule has 25 heavy (non-hydrogen) atoms. The normalized spacial score (nSPS) is 11.8. The van der Waals surface area contributed by atoms with Crippen LogP contribution in [0.4, 0.5) is 4.39 Å². The summed E-state index contributed by atoms with van der Waals surface area (Å²) in [5.74, 6) is 0.163. The van der Waals surface area contributed by atoms with Gasteiger partial charge in [-0.1, -0.05) is 12.1 Å². The lowest BCUT2D eigenvalue weighted by atomic mass is 10.2. The monoisotopic (exact) mass is 341 g/mol. The van der Waals surface area contributed by atoms with Crippen molar-refractivity contribution in [3.05, 3.63) is 66.6 Å². The molecule has 128 valence electrons. The van der Waals surface area contributed by atoms with Gasteiger partial charge in [-0.05, 0) is 24.6 Å². The molecule has 3 rings (SSSR count). The van der Waals surface area contributed by atoms with Crippen molar-refractivity contribution in [2.24, 2.45) is 0 Å². The second-order valence-corrected chi connectivity index (χ2v) is 5.33. The lowest BCUT2D eigenvalue weighted by molar-refractivity contribution is -0.124. The first-order chi connectivity index (χ1) is 12.1. The maximum atomic E-state index is 13.1. The minimum atomic E-state index is -0.453. The number of pyridine rings is 1. The van der Waals surface area contributed by atoms with Crippen molar-refractivity contribution in [3.8, 4) is 11.6 Å². The number of nitrogens with zero attached hydrogens (tertiary/aromatic N) is 4. The third-order valence-electron chi connectivity index (χ3n) is 3.50. The summed E-state index contributed by atoms with van der Waals surface area (Å²) in [6.45, 7) is 2.06. The van der Waals surface area contributed by atoms with Crippen LogP contribution in [0, 0.1) is 5.82 Å². The van der Waals surface area contributed by atoms with Gasteiger partial charge in [-0.15, -0.1) is 0 Å². The third kappa shape index (κ3) is 4.37. The van der Waals surface area contributed by atoms with Gasteiger partial charge in [-0.3, -0.25) is 4.79 Å². The summed E-state index contributed by atoms with van der Waals surface area (Å²) in [6, 6.07) is 8.81. The number of rotatable bonds is 6. The van der Waals surface area contributed by atoms with E-state index in [1.807, 2.05) is 0 Å². The van der Waals surface area contributed by atoms with E-state index in [0.717, 1.165) is 5.56 Å². The van der Waals surface area contributed by atoms with Gasteiger partial charge in [0.25, 0.3) is 0 Å². The Labute approximate surface area is 143 Å². The molecule has 0 unspecified atom stereocenters. The van der Waals surface area contributed by atoms with E-state index < -0.39 is 6.04 Å². The topological polar surface area (TPSA) is 81.9 Å². The number of benzene rings is 1. The van der Waals surface area contributed by atoms with Crippen LogP contribution >= 0.6 is 0 Å². The molecule has 0 fully saturated rings. The first-order valence-corrected chi connectivity index (χ1v) is 7.62. The first-order valence-electron chi connectivity index (χ1n) is 7.62. The Morgan fingerprint density at radius 2 is 2.24 bits per heavy atom. The molecular weight excluding hydrogens is 325 g/mol. The molecule has 0 radical (unpaired) electrons. The van der Waals surface area contributed by atoms with Crippen LogP contribution in [-0.2, 0) is 11.3 Å². The minimum Gasteiger partial charge on any atom is -0.439 e. The highest BCUT2D eigenvalue weighted by atomic mass is 19.1. The second-order valence-electron chi connectivity index (χ2n) is 5.33. The van der Waals surface area contributed by atoms with Crippen molar-refractivity contribution in [2.45, 2.75) is 19.5 Å². The van der Waals surface area contributed by atoms with Gasteiger partial charge in [0.05, 0.1) is 0 Å². The zero-order valence-electron chi connectivity index (χ0n) is 13.5. The van der Waals surface area contributed by atoms with Crippen LogP contribution in [0.25, 0.3) is 0 Å². The van der Waals surface area contributed by atoms with Crippen LogP contribution in [0.15, 0.2) is 55.2 Å². The summed E-state index contributed by atoms with van der Waals surface area (Å²) in [6.07, 6.45) is 4.46. The van der Waals surface area contributed by atoms with Crippen molar-refractivity contribution in [2.75, 3.05) is 0 Å². The van der Waals surface area contributed by atoms with Crippen LogP contribution < -0.4 is 10.1 Å². The molecule has 2 heterocycles. The Hall–Kier alpha value is -3.29. The molecule has 1 amide bonds. The van der Waals surface area contributed by atoms with Crippen molar-refractivity contribution in [3.63, 3.8) is 0 Å². The molecule has 0 aliphatic carbocycles. The molecule has 1 atom stereocenters. The third-order valence-corrected chi connectivity index (χ3v) is 3.50. The van der Waals surface area contributed by atoms with Crippen LogP contribution in [0.2, 0.25) is 0 Å². The number of hydrogen-bond donors (Lipinski definition) is 1. The fraction of sp³-hybridized carbons (Fsp3) is 0.176. The molecule has 2 aromatic heterocycles. The predicted octanol–water partition coefficient (Wildman–Crippen LogP) is 2.48. The smallest absolute Gasteiger partial charge is 0.244 e. The average Bonchev–Trinajstić information content (AvgIpc) is 3.15. The van der Waals surface area contributed by atoms with Crippen molar-refractivity contribution in [1.29, 1.82) is 0 Å². The van der Waals surface area contributed by atoms with E-state index in [1.165, 1.54) is 29.5 Å². The van der Waals surface area contributed by atoms with Gasteiger partial charge in [0, 0.05) is 24.9 Å². The molecule has 8 heteroatoms. The number of hydrogen-bond acceptors (Lipinski definition) is 5. The largest absolute Gasteiger partial charge is 0.439 e. The van der Waals surface area contributed by atoms with E-state index in [0.29, 0.717) is 18.2 Å². The van der Waals surface area contributed by atoms with E-state index in [1.54, 1.807) is 37.4 Å². The van der Waals surface area contributed by atoms with Gasteiger partial charge in [-0.25, -0.2) is 19.0 Å². The van der Waals surface area contributed by atoms with Crippen LogP contribution in [0.1, 0.15) is 18.5 Å². The number of nitrogens with one attached hydrogen (secondary N) is 1. The van der Waals surface area contributed by atoms with E-state index in [-0.39, 0.29) is 11.7 Å².